The predicted octanol–water partition coefficient (Wildman–Crippen LogP) is 4.55. The minimum Gasteiger partial charge on any atom is -0.457 e. The second-order valence-electron chi connectivity index (χ2n) is 5.14. The van der Waals surface area contributed by atoms with E-state index in [0.29, 0.717) is 11.5 Å². The summed E-state index contributed by atoms with van der Waals surface area (Å²) in [7, 11) is 0. The third-order valence-electron chi connectivity index (χ3n) is 3.33. The molecule has 0 spiro atoms. The van der Waals surface area contributed by atoms with Crippen LogP contribution in [0.3, 0.4) is 0 Å². The van der Waals surface area contributed by atoms with Crippen LogP contribution in [0.4, 0.5) is 5.69 Å². The molecule has 0 aliphatic heterocycles. The molecule has 110 valence electrons. The number of pyridine rings is 1. The van der Waals surface area contributed by atoms with Crippen molar-refractivity contribution in [3.63, 3.8) is 0 Å². The maximum atomic E-state index is 10.7. The summed E-state index contributed by atoms with van der Waals surface area (Å²) >= 11 is 0. The highest BCUT2D eigenvalue weighted by atomic mass is 16.6. The minimum absolute atomic E-state index is 0.0407. The molecule has 0 radical (unpaired) electrons. The van der Waals surface area contributed by atoms with E-state index < -0.39 is 4.92 Å². The summed E-state index contributed by atoms with van der Waals surface area (Å²) in [6.07, 6.45) is 0. The van der Waals surface area contributed by atoms with Gasteiger partial charge in [0.2, 0.25) is 0 Å². The van der Waals surface area contributed by atoms with Gasteiger partial charge >= 0.3 is 0 Å². The van der Waals surface area contributed by atoms with Gasteiger partial charge in [-0.1, -0.05) is 11.6 Å². The summed E-state index contributed by atoms with van der Waals surface area (Å²) in [5.41, 5.74) is 2.88. The van der Waals surface area contributed by atoms with Crippen molar-refractivity contribution in [2.75, 3.05) is 0 Å². The Bertz CT molecular complexity index is 858. The summed E-state index contributed by atoms with van der Waals surface area (Å²) in [6, 6.07) is 13.9. The largest absolute Gasteiger partial charge is 0.457 e. The average molecular weight is 294 g/mol. The molecule has 1 heterocycles. The topological polar surface area (TPSA) is 65.3 Å². The molecule has 0 bridgehead atoms. The molecule has 5 heteroatoms. The van der Waals surface area contributed by atoms with Gasteiger partial charge in [0.05, 0.1) is 10.4 Å². The standard InChI is InChI=1S/C17H14N2O3/c1-11-3-8-16-15(9-11)17(10-12(2)18-16)22-14-6-4-13(5-7-14)19(20)21/h3-10H,1-2H3. The Morgan fingerprint density at radius 3 is 2.45 bits per heavy atom. The Morgan fingerprint density at radius 1 is 1.05 bits per heavy atom. The molecule has 0 aliphatic carbocycles. The number of benzene rings is 2. The molecule has 2 aromatic carbocycles. The minimum atomic E-state index is -0.431. The van der Waals surface area contributed by atoms with Crippen LogP contribution >= 0.6 is 0 Å². The van der Waals surface area contributed by atoms with Crippen LogP contribution in [0.15, 0.2) is 48.5 Å². The van der Waals surface area contributed by atoms with E-state index in [9.17, 15) is 10.1 Å². The third kappa shape index (κ3) is 2.74. The van der Waals surface area contributed by atoms with Crippen LogP contribution < -0.4 is 4.74 Å². The van der Waals surface area contributed by atoms with Gasteiger partial charge in [-0.05, 0) is 38.1 Å². The van der Waals surface area contributed by atoms with Crippen molar-refractivity contribution >= 4 is 16.6 Å². The maximum Gasteiger partial charge on any atom is 0.269 e. The number of nitro groups is 1. The summed E-state index contributed by atoms with van der Waals surface area (Å²) in [5, 5.41) is 11.6. The number of nitro benzene ring substituents is 1. The van der Waals surface area contributed by atoms with Crippen molar-refractivity contribution in [1.82, 2.24) is 4.98 Å². The lowest BCUT2D eigenvalue weighted by atomic mass is 10.1. The quantitative estimate of drug-likeness (QED) is 0.525. The number of rotatable bonds is 3. The fraction of sp³-hybridized carbons (Fsp3) is 0.118. The third-order valence-corrected chi connectivity index (χ3v) is 3.33. The number of non-ortho nitro benzene ring substituents is 1. The van der Waals surface area contributed by atoms with Crippen LogP contribution in [0.25, 0.3) is 10.9 Å². The summed E-state index contributed by atoms with van der Waals surface area (Å²) in [4.78, 5) is 14.7. The Labute approximate surface area is 127 Å². The van der Waals surface area contributed by atoms with Gasteiger partial charge in [-0.15, -0.1) is 0 Å². The lowest BCUT2D eigenvalue weighted by Crippen LogP contribution is -1.92. The number of aryl methyl sites for hydroxylation is 2. The van der Waals surface area contributed by atoms with E-state index in [0.717, 1.165) is 22.2 Å². The van der Waals surface area contributed by atoms with Crippen LogP contribution in [-0.2, 0) is 0 Å². The second-order valence-corrected chi connectivity index (χ2v) is 5.14. The Kier molecular flexibility index (Phi) is 3.47. The van der Waals surface area contributed by atoms with Crippen LogP contribution in [-0.4, -0.2) is 9.91 Å². The monoisotopic (exact) mass is 294 g/mol. The number of fused-ring (bicyclic) bond motifs is 1. The molecule has 0 amide bonds. The Morgan fingerprint density at radius 2 is 1.77 bits per heavy atom. The smallest absolute Gasteiger partial charge is 0.269 e. The predicted molar refractivity (Wildman–Crippen MR) is 84.4 cm³/mol. The van der Waals surface area contributed by atoms with Gasteiger partial charge in [0.15, 0.2) is 0 Å². The fourth-order valence-electron chi connectivity index (χ4n) is 2.28. The van der Waals surface area contributed by atoms with Crippen molar-refractivity contribution in [3.05, 3.63) is 69.9 Å². The molecule has 0 unspecified atom stereocenters. The zero-order valence-electron chi connectivity index (χ0n) is 12.2. The first-order chi connectivity index (χ1) is 10.5. The molecule has 3 aromatic rings. The molecule has 0 fully saturated rings. The number of hydrogen-bond donors (Lipinski definition) is 0. The van der Waals surface area contributed by atoms with Gasteiger partial charge in [0.25, 0.3) is 5.69 Å². The lowest BCUT2D eigenvalue weighted by Gasteiger charge is -2.10. The van der Waals surface area contributed by atoms with E-state index in [-0.39, 0.29) is 5.69 Å². The Balaban J connectivity index is 2.02. The lowest BCUT2D eigenvalue weighted by molar-refractivity contribution is -0.384. The first kappa shape index (κ1) is 14.0. The van der Waals surface area contributed by atoms with Gasteiger partial charge in [-0.2, -0.15) is 0 Å². The molecular formula is C17H14N2O3. The molecule has 0 N–H and O–H groups in total. The van der Waals surface area contributed by atoms with E-state index >= 15 is 0 Å². The van der Waals surface area contributed by atoms with Crippen molar-refractivity contribution in [1.29, 1.82) is 0 Å². The number of ether oxygens (including phenoxy) is 1. The molecule has 0 atom stereocenters. The fourth-order valence-corrected chi connectivity index (χ4v) is 2.28. The summed E-state index contributed by atoms with van der Waals surface area (Å²) < 4.78 is 5.90. The van der Waals surface area contributed by atoms with Crippen LogP contribution in [0.5, 0.6) is 11.5 Å². The molecule has 3 rings (SSSR count). The molecular weight excluding hydrogens is 280 g/mol. The number of aromatic nitrogens is 1. The SMILES string of the molecule is Cc1ccc2nc(C)cc(Oc3ccc([N+](=O)[O-])cc3)c2c1. The Hall–Kier alpha value is -2.95. The average Bonchev–Trinajstić information content (AvgIpc) is 2.48. The van der Waals surface area contributed by atoms with Gasteiger partial charge in [-0.3, -0.25) is 15.1 Å². The molecule has 0 saturated carbocycles. The van der Waals surface area contributed by atoms with Gasteiger partial charge in [0.1, 0.15) is 11.5 Å². The van der Waals surface area contributed by atoms with Gasteiger partial charge in [-0.25, -0.2) is 0 Å². The first-order valence-electron chi connectivity index (χ1n) is 6.83. The van der Waals surface area contributed by atoms with E-state index in [4.69, 9.17) is 4.74 Å². The highest BCUT2D eigenvalue weighted by Crippen LogP contribution is 2.31. The van der Waals surface area contributed by atoms with Crippen LogP contribution in [0.1, 0.15) is 11.3 Å². The van der Waals surface area contributed by atoms with Gasteiger partial charge in [0, 0.05) is 29.3 Å². The zero-order chi connectivity index (χ0) is 15.7. The molecule has 22 heavy (non-hydrogen) atoms. The van der Waals surface area contributed by atoms with E-state index in [1.165, 1.54) is 12.1 Å². The zero-order valence-corrected chi connectivity index (χ0v) is 12.2. The van der Waals surface area contributed by atoms with Crippen molar-refractivity contribution in [2.24, 2.45) is 0 Å². The van der Waals surface area contributed by atoms with Crippen LogP contribution in [0.2, 0.25) is 0 Å². The van der Waals surface area contributed by atoms with Crippen LogP contribution in [0, 0.1) is 24.0 Å². The molecule has 0 saturated heterocycles. The maximum absolute atomic E-state index is 10.7. The molecule has 1 aromatic heterocycles. The van der Waals surface area contributed by atoms with E-state index in [1.807, 2.05) is 38.1 Å². The summed E-state index contributed by atoms with van der Waals surface area (Å²) in [6.45, 7) is 3.91. The molecule has 0 aliphatic rings. The summed E-state index contributed by atoms with van der Waals surface area (Å²) in [5.74, 6) is 1.25. The van der Waals surface area contributed by atoms with E-state index in [1.54, 1.807) is 12.1 Å². The number of hydrogen-bond acceptors (Lipinski definition) is 4. The number of nitrogens with zero attached hydrogens (tertiary/aromatic N) is 2. The highest BCUT2D eigenvalue weighted by Gasteiger charge is 2.09. The highest BCUT2D eigenvalue weighted by molar-refractivity contribution is 5.86. The second kappa shape index (κ2) is 5.44. The van der Waals surface area contributed by atoms with Crippen molar-refractivity contribution < 1.29 is 9.66 Å². The van der Waals surface area contributed by atoms with Gasteiger partial charge < -0.3 is 4.74 Å². The molecule has 5 nitrogen and oxygen atoms in total. The first-order valence-corrected chi connectivity index (χ1v) is 6.83. The van der Waals surface area contributed by atoms with Crippen molar-refractivity contribution in [2.45, 2.75) is 13.8 Å². The van der Waals surface area contributed by atoms with E-state index in [2.05, 4.69) is 4.98 Å². The normalized spacial score (nSPS) is 10.6. The van der Waals surface area contributed by atoms with Crippen molar-refractivity contribution in [3.8, 4) is 11.5 Å².